The van der Waals surface area contributed by atoms with Crippen molar-refractivity contribution in [2.45, 2.75) is 19.9 Å². The number of benzene rings is 1. The van der Waals surface area contributed by atoms with Crippen LogP contribution in [0.2, 0.25) is 5.02 Å². The van der Waals surface area contributed by atoms with Gasteiger partial charge >= 0.3 is 6.03 Å². The number of hydrogen-bond acceptors (Lipinski definition) is 3. The van der Waals surface area contributed by atoms with Crippen molar-refractivity contribution in [3.63, 3.8) is 0 Å². The number of halogens is 1. The average molecular weight is 345 g/mol. The van der Waals surface area contributed by atoms with Crippen molar-refractivity contribution in [1.82, 2.24) is 19.7 Å². The number of H-pyrrole nitrogens is 1. The molecule has 124 valence electrons. The summed E-state index contributed by atoms with van der Waals surface area (Å²) >= 11 is 5.86. The van der Waals surface area contributed by atoms with Crippen molar-refractivity contribution in [1.29, 1.82) is 0 Å². The monoisotopic (exact) mass is 344 g/mol. The molecular weight excluding hydrogens is 328 g/mol. The predicted octanol–water partition coefficient (Wildman–Crippen LogP) is 3.82. The molecule has 3 N–H and O–H groups in total. The van der Waals surface area contributed by atoms with Crippen LogP contribution in [-0.4, -0.2) is 25.8 Å². The predicted molar refractivity (Wildman–Crippen MR) is 93.5 cm³/mol. The number of urea groups is 1. The van der Waals surface area contributed by atoms with Gasteiger partial charge in [-0.3, -0.25) is 10.4 Å². The number of aryl methyl sites for hydroxylation is 1. The number of amides is 2. The van der Waals surface area contributed by atoms with E-state index in [1.54, 1.807) is 6.20 Å². The highest BCUT2D eigenvalue weighted by Crippen LogP contribution is 2.21. The Labute approximate surface area is 144 Å². The minimum Gasteiger partial charge on any atom is -0.328 e. The summed E-state index contributed by atoms with van der Waals surface area (Å²) in [7, 11) is 0. The number of aromatic amines is 1. The summed E-state index contributed by atoms with van der Waals surface area (Å²) in [6.45, 7) is 4.07. The number of nitrogens with zero attached hydrogens (tertiary/aromatic N) is 3. The van der Waals surface area contributed by atoms with Crippen molar-refractivity contribution < 1.29 is 4.79 Å². The number of rotatable bonds is 4. The lowest BCUT2D eigenvalue weighted by atomic mass is 10.1. The van der Waals surface area contributed by atoms with Crippen molar-refractivity contribution >= 4 is 29.1 Å². The lowest BCUT2D eigenvalue weighted by Gasteiger charge is -2.16. The molecule has 1 atom stereocenters. The molecule has 0 aliphatic rings. The van der Waals surface area contributed by atoms with Crippen LogP contribution < -0.4 is 10.6 Å². The third-order valence-electron chi connectivity index (χ3n) is 3.76. The smallest absolute Gasteiger partial charge is 0.324 e. The van der Waals surface area contributed by atoms with E-state index in [1.807, 2.05) is 37.4 Å². The van der Waals surface area contributed by atoms with Crippen LogP contribution in [0.3, 0.4) is 0 Å². The van der Waals surface area contributed by atoms with Gasteiger partial charge in [0.25, 0.3) is 0 Å². The van der Waals surface area contributed by atoms with Crippen LogP contribution >= 0.6 is 11.6 Å². The quantitative estimate of drug-likeness (QED) is 0.672. The maximum Gasteiger partial charge on any atom is 0.324 e. The van der Waals surface area contributed by atoms with Gasteiger partial charge in [-0.15, -0.1) is 0 Å². The van der Waals surface area contributed by atoms with E-state index >= 15 is 0 Å². The first-order valence-electron chi connectivity index (χ1n) is 7.41. The van der Waals surface area contributed by atoms with Gasteiger partial charge in [-0.1, -0.05) is 23.7 Å². The second-order valence-electron chi connectivity index (χ2n) is 5.34. The molecule has 0 unspecified atom stereocenters. The van der Waals surface area contributed by atoms with E-state index in [0.717, 1.165) is 11.4 Å². The fraction of sp³-hybridized carbons (Fsp3) is 0.188. The average Bonchev–Trinajstić information content (AvgIpc) is 3.16. The Balaban J connectivity index is 1.65. The second kappa shape index (κ2) is 6.76. The van der Waals surface area contributed by atoms with Crippen LogP contribution in [-0.2, 0) is 0 Å². The number of anilines is 2. The summed E-state index contributed by atoms with van der Waals surface area (Å²) in [5.41, 5.74) is 1.80. The van der Waals surface area contributed by atoms with Gasteiger partial charge in [-0.05, 0) is 31.5 Å². The van der Waals surface area contributed by atoms with E-state index in [1.165, 1.54) is 6.20 Å². The summed E-state index contributed by atoms with van der Waals surface area (Å²) < 4.78 is 2.09. The minimum atomic E-state index is -0.407. The standard InChI is InChI=1S/C16H17ClN6O/c1-10(23-8-7-18-11(23)2)12-3-5-13(6-4-12)20-16(24)21-15-14(17)9-19-22-15/h3-10H,1-2H3,(H3,19,20,21,22,24)/t10-/m0/s1. The number of carbonyl (C=O) groups excluding carboxylic acids is 1. The zero-order valence-corrected chi connectivity index (χ0v) is 14.0. The third kappa shape index (κ3) is 3.41. The Bertz CT molecular complexity index is 838. The molecule has 24 heavy (non-hydrogen) atoms. The summed E-state index contributed by atoms with van der Waals surface area (Å²) in [6.07, 6.45) is 5.23. The lowest BCUT2D eigenvalue weighted by Crippen LogP contribution is -2.19. The first-order valence-corrected chi connectivity index (χ1v) is 7.79. The molecule has 0 saturated carbocycles. The summed E-state index contributed by atoms with van der Waals surface area (Å²) in [6, 6.07) is 7.41. The molecule has 2 aromatic heterocycles. The highest BCUT2D eigenvalue weighted by atomic mass is 35.5. The fourth-order valence-corrected chi connectivity index (χ4v) is 2.57. The molecule has 8 heteroatoms. The number of carbonyl (C=O) groups is 1. The zero-order valence-electron chi connectivity index (χ0n) is 13.2. The van der Waals surface area contributed by atoms with E-state index in [0.29, 0.717) is 10.7 Å². The van der Waals surface area contributed by atoms with Crippen LogP contribution in [0.1, 0.15) is 24.4 Å². The highest BCUT2D eigenvalue weighted by Gasteiger charge is 2.11. The molecule has 0 spiro atoms. The normalized spacial score (nSPS) is 12.0. The maximum absolute atomic E-state index is 11.9. The van der Waals surface area contributed by atoms with Crippen molar-refractivity contribution in [2.75, 3.05) is 10.6 Å². The van der Waals surface area contributed by atoms with Gasteiger partial charge in [0.15, 0.2) is 5.82 Å². The van der Waals surface area contributed by atoms with Crippen LogP contribution in [0.4, 0.5) is 16.3 Å². The molecular formula is C16H17ClN6O. The molecule has 7 nitrogen and oxygen atoms in total. The fourth-order valence-electron chi connectivity index (χ4n) is 2.44. The Morgan fingerprint density at radius 3 is 2.62 bits per heavy atom. The molecule has 0 aliphatic carbocycles. The van der Waals surface area contributed by atoms with Gasteiger partial charge in [0.2, 0.25) is 0 Å². The van der Waals surface area contributed by atoms with Crippen LogP contribution in [0.5, 0.6) is 0 Å². The molecule has 3 rings (SSSR count). The van der Waals surface area contributed by atoms with Crippen LogP contribution in [0.15, 0.2) is 42.9 Å². The van der Waals surface area contributed by atoms with E-state index < -0.39 is 6.03 Å². The summed E-state index contributed by atoms with van der Waals surface area (Å²) in [5.74, 6) is 1.25. The molecule has 3 aromatic rings. The Kier molecular flexibility index (Phi) is 4.52. The van der Waals surface area contributed by atoms with Crippen molar-refractivity contribution in [3.8, 4) is 0 Å². The molecule has 0 fully saturated rings. The Hall–Kier alpha value is -2.80. The van der Waals surface area contributed by atoms with E-state index in [2.05, 4.69) is 37.3 Å². The first-order chi connectivity index (χ1) is 11.5. The highest BCUT2D eigenvalue weighted by molar-refractivity contribution is 6.33. The van der Waals surface area contributed by atoms with Crippen LogP contribution in [0, 0.1) is 6.92 Å². The Morgan fingerprint density at radius 1 is 1.29 bits per heavy atom. The van der Waals surface area contributed by atoms with Gasteiger partial charge < -0.3 is 9.88 Å². The maximum atomic E-state index is 11.9. The first kappa shape index (κ1) is 16.1. The molecule has 1 aromatic carbocycles. The molecule has 0 bridgehead atoms. The lowest BCUT2D eigenvalue weighted by molar-refractivity contribution is 0.262. The SMILES string of the molecule is Cc1nccn1[C@@H](C)c1ccc(NC(=O)Nc2n[nH]cc2Cl)cc1. The molecule has 2 amide bonds. The number of aromatic nitrogens is 4. The molecule has 2 heterocycles. The van der Waals surface area contributed by atoms with Gasteiger partial charge in [0.05, 0.1) is 6.04 Å². The number of imidazole rings is 1. The van der Waals surface area contributed by atoms with E-state index in [9.17, 15) is 4.79 Å². The minimum absolute atomic E-state index is 0.165. The van der Waals surface area contributed by atoms with Crippen LogP contribution in [0.25, 0.3) is 0 Å². The molecule has 0 radical (unpaired) electrons. The van der Waals surface area contributed by atoms with E-state index in [4.69, 9.17) is 11.6 Å². The topological polar surface area (TPSA) is 87.6 Å². The molecule has 0 aliphatic heterocycles. The van der Waals surface area contributed by atoms with E-state index in [-0.39, 0.29) is 11.9 Å². The Morgan fingerprint density at radius 2 is 2.04 bits per heavy atom. The largest absolute Gasteiger partial charge is 0.328 e. The van der Waals surface area contributed by atoms with Gasteiger partial charge in [0, 0.05) is 24.3 Å². The zero-order chi connectivity index (χ0) is 17.1. The third-order valence-corrected chi connectivity index (χ3v) is 4.04. The second-order valence-corrected chi connectivity index (χ2v) is 5.75. The van der Waals surface area contributed by atoms with Gasteiger partial charge in [-0.25, -0.2) is 9.78 Å². The number of nitrogens with one attached hydrogen (secondary N) is 3. The summed E-state index contributed by atoms with van der Waals surface area (Å²) in [5, 5.41) is 12.1. The van der Waals surface area contributed by atoms with Crippen molar-refractivity contribution in [2.24, 2.45) is 0 Å². The van der Waals surface area contributed by atoms with Gasteiger partial charge in [-0.2, -0.15) is 5.10 Å². The summed E-state index contributed by atoms with van der Waals surface area (Å²) in [4.78, 5) is 16.2. The van der Waals surface area contributed by atoms with Gasteiger partial charge in [0.1, 0.15) is 10.8 Å². The molecule has 0 saturated heterocycles. The van der Waals surface area contributed by atoms with Crippen molar-refractivity contribution in [3.05, 3.63) is 59.3 Å². The number of hydrogen-bond donors (Lipinski definition) is 3.